The number of hydrogen-bond acceptors (Lipinski definition) is 5. The number of benzene rings is 2. The molecule has 2 heterocycles. The molecule has 1 saturated carbocycles. The summed E-state index contributed by atoms with van der Waals surface area (Å²) in [5.41, 5.74) is 3.74. The molecule has 1 aromatic heterocycles. The van der Waals surface area contributed by atoms with Crippen LogP contribution >= 0.6 is 0 Å². The maximum absolute atomic E-state index is 12.3. The van der Waals surface area contributed by atoms with E-state index in [1.54, 1.807) is 0 Å². The van der Waals surface area contributed by atoms with Gasteiger partial charge in [-0.25, -0.2) is 4.79 Å². The molecule has 1 aliphatic carbocycles. The normalized spacial score (nSPS) is 19.3. The van der Waals surface area contributed by atoms with E-state index in [0.29, 0.717) is 23.5 Å². The predicted molar refractivity (Wildman–Crippen MR) is 112 cm³/mol. The quantitative estimate of drug-likeness (QED) is 0.342. The Morgan fingerprint density at radius 3 is 2.52 bits per heavy atom. The van der Waals surface area contributed by atoms with Crippen molar-refractivity contribution >= 4 is 16.7 Å². The minimum atomic E-state index is -0.390. The highest BCUT2D eigenvalue weighted by Gasteiger charge is 2.41. The van der Waals surface area contributed by atoms with Gasteiger partial charge in [0.1, 0.15) is 16.9 Å². The first-order valence-electron chi connectivity index (χ1n) is 10.2. The summed E-state index contributed by atoms with van der Waals surface area (Å²) in [6.45, 7) is 1.91. The van der Waals surface area contributed by atoms with Gasteiger partial charge in [-0.15, -0.1) is 0 Å². The third-order valence-electron chi connectivity index (χ3n) is 6.30. The van der Waals surface area contributed by atoms with Crippen LogP contribution in [0.15, 0.2) is 56.8 Å². The van der Waals surface area contributed by atoms with Crippen LogP contribution in [0.1, 0.15) is 49.7 Å². The molecule has 148 valence electrons. The van der Waals surface area contributed by atoms with Crippen LogP contribution in [0.3, 0.4) is 0 Å². The molecule has 29 heavy (non-hydrogen) atoms. The first-order valence-corrected chi connectivity index (χ1v) is 10.2. The van der Waals surface area contributed by atoms with Crippen molar-refractivity contribution in [1.29, 1.82) is 0 Å². The molecule has 5 nitrogen and oxygen atoms in total. The summed E-state index contributed by atoms with van der Waals surface area (Å²) in [5, 5.41) is 14.3. The molecule has 1 N–H and O–H groups in total. The molecule has 0 saturated heterocycles. The van der Waals surface area contributed by atoms with Crippen LogP contribution in [0.2, 0.25) is 0 Å². The maximum atomic E-state index is 12.3. The number of hydrogen-bond donors (Lipinski definition) is 1. The summed E-state index contributed by atoms with van der Waals surface area (Å²) in [6, 6.07) is 13.2. The molecule has 5 rings (SSSR count). The van der Waals surface area contributed by atoms with Crippen molar-refractivity contribution in [1.82, 2.24) is 0 Å². The third-order valence-corrected chi connectivity index (χ3v) is 6.30. The van der Waals surface area contributed by atoms with Crippen molar-refractivity contribution < 1.29 is 14.4 Å². The monoisotopic (exact) mass is 389 g/mol. The number of nitrogens with zero attached hydrogens (tertiary/aromatic N) is 1. The van der Waals surface area contributed by atoms with Crippen LogP contribution in [0.4, 0.5) is 0 Å². The predicted octanol–water partition coefficient (Wildman–Crippen LogP) is 5.43. The van der Waals surface area contributed by atoms with Gasteiger partial charge in [0.15, 0.2) is 0 Å². The first-order chi connectivity index (χ1) is 14.1. The van der Waals surface area contributed by atoms with Crippen molar-refractivity contribution in [3.8, 4) is 16.9 Å². The fourth-order valence-electron chi connectivity index (χ4n) is 4.86. The Labute approximate surface area is 168 Å². The smallest absolute Gasteiger partial charge is 0.336 e. The molecule has 2 aromatic carbocycles. The van der Waals surface area contributed by atoms with Crippen LogP contribution in [-0.2, 0) is 0 Å². The van der Waals surface area contributed by atoms with Crippen LogP contribution < -0.4 is 10.4 Å². The summed E-state index contributed by atoms with van der Waals surface area (Å²) in [5.74, 6) is 0.673. The number of aryl methyl sites for hydroxylation is 1. The zero-order chi connectivity index (χ0) is 20.0. The molecule has 3 aromatic rings. The molecule has 0 amide bonds. The van der Waals surface area contributed by atoms with Crippen molar-refractivity contribution in [3.05, 3.63) is 64.0 Å². The van der Waals surface area contributed by atoms with E-state index in [0.717, 1.165) is 53.3 Å². The number of oxime groups is 1. The van der Waals surface area contributed by atoms with Gasteiger partial charge in [-0.3, -0.25) is 0 Å². The van der Waals surface area contributed by atoms with Crippen LogP contribution in [0.25, 0.3) is 22.1 Å². The first kappa shape index (κ1) is 18.0. The second-order valence-corrected chi connectivity index (χ2v) is 8.17. The lowest BCUT2D eigenvalue weighted by Crippen LogP contribution is -2.44. The third kappa shape index (κ3) is 2.92. The lowest BCUT2D eigenvalue weighted by molar-refractivity contribution is 0.0307. The van der Waals surface area contributed by atoms with Gasteiger partial charge in [-0.05, 0) is 49.8 Å². The van der Waals surface area contributed by atoms with Gasteiger partial charge in [-0.1, -0.05) is 41.9 Å². The van der Waals surface area contributed by atoms with Crippen LogP contribution in [0, 0.1) is 6.92 Å². The lowest BCUT2D eigenvalue weighted by atomic mass is 9.77. The molecule has 0 unspecified atom stereocenters. The topological polar surface area (TPSA) is 72.0 Å². The van der Waals surface area contributed by atoms with Gasteiger partial charge >= 0.3 is 5.63 Å². The van der Waals surface area contributed by atoms with E-state index in [9.17, 15) is 10.0 Å². The molecule has 0 bridgehead atoms. The highest BCUT2D eigenvalue weighted by atomic mass is 16.5. The fraction of sp³-hybridized carbons (Fsp3) is 0.333. The van der Waals surface area contributed by atoms with Crippen molar-refractivity contribution in [2.24, 2.45) is 5.16 Å². The Balaban J connectivity index is 1.78. The van der Waals surface area contributed by atoms with E-state index in [1.807, 2.05) is 43.3 Å². The van der Waals surface area contributed by atoms with Crippen LogP contribution in [-0.4, -0.2) is 16.5 Å². The molecular weight excluding hydrogens is 366 g/mol. The molecule has 1 aliphatic heterocycles. The largest absolute Gasteiger partial charge is 0.486 e. The van der Waals surface area contributed by atoms with E-state index in [2.05, 4.69) is 5.16 Å². The number of rotatable bonds is 1. The lowest BCUT2D eigenvalue weighted by Gasteiger charge is -2.42. The summed E-state index contributed by atoms with van der Waals surface area (Å²) in [6.07, 6.45) is 5.89. The van der Waals surface area contributed by atoms with E-state index in [-0.39, 0.29) is 5.60 Å². The second-order valence-electron chi connectivity index (χ2n) is 8.17. The van der Waals surface area contributed by atoms with Crippen molar-refractivity contribution in [2.45, 2.75) is 51.0 Å². The Kier molecular flexibility index (Phi) is 4.19. The number of fused-ring (bicyclic) bond motifs is 2. The molecule has 1 spiro atoms. The second kappa shape index (κ2) is 6.76. The van der Waals surface area contributed by atoms with Crippen molar-refractivity contribution in [2.75, 3.05) is 0 Å². The highest BCUT2D eigenvalue weighted by Crippen LogP contribution is 2.46. The maximum Gasteiger partial charge on any atom is 0.336 e. The van der Waals surface area contributed by atoms with Gasteiger partial charge < -0.3 is 14.4 Å². The average molecular weight is 389 g/mol. The Morgan fingerprint density at radius 2 is 1.79 bits per heavy atom. The SMILES string of the molecule is Cc1c2c(cc3c(-c4ccccc4)cc(=O)oc13)/C(=N/O)CC1(CCCCC1)O2. The van der Waals surface area contributed by atoms with Gasteiger partial charge in [0.05, 0.1) is 5.71 Å². The molecule has 2 aliphatic rings. The Bertz CT molecular complexity index is 1170. The van der Waals surface area contributed by atoms with E-state index < -0.39 is 5.63 Å². The average Bonchev–Trinajstić information content (AvgIpc) is 2.75. The zero-order valence-corrected chi connectivity index (χ0v) is 16.4. The van der Waals surface area contributed by atoms with E-state index in [1.165, 1.54) is 12.5 Å². The summed E-state index contributed by atoms with van der Waals surface area (Å²) < 4.78 is 12.2. The summed E-state index contributed by atoms with van der Waals surface area (Å²) in [7, 11) is 0. The van der Waals surface area contributed by atoms with E-state index >= 15 is 0 Å². The minimum Gasteiger partial charge on any atom is -0.486 e. The molecule has 0 radical (unpaired) electrons. The standard InChI is InChI=1S/C24H23NO4/c1-15-22-18(17(13-21(26)28-22)16-8-4-2-5-9-16)12-19-20(25-27)14-24(29-23(15)19)10-6-3-7-11-24/h2,4-5,8-9,12-13,27H,3,6-7,10-11,14H2,1H3/b25-20+. The Morgan fingerprint density at radius 1 is 1.03 bits per heavy atom. The van der Waals surface area contributed by atoms with Gasteiger partial charge in [0.25, 0.3) is 0 Å². The summed E-state index contributed by atoms with van der Waals surface area (Å²) in [4.78, 5) is 12.3. The molecule has 0 atom stereocenters. The van der Waals surface area contributed by atoms with Crippen LogP contribution in [0.5, 0.6) is 5.75 Å². The van der Waals surface area contributed by atoms with E-state index in [4.69, 9.17) is 9.15 Å². The molecule has 1 fully saturated rings. The van der Waals surface area contributed by atoms with Gasteiger partial charge in [0.2, 0.25) is 0 Å². The summed E-state index contributed by atoms with van der Waals surface area (Å²) >= 11 is 0. The molecule has 5 heteroatoms. The molecular formula is C24H23NO4. The number of ether oxygens (including phenoxy) is 1. The van der Waals surface area contributed by atoms with Crippen molar-refractivity contribution in [3.63, 3.8) is 0 Å². The zero-order valence-electron chi connectivity index (χ0n) is 16.4. The van der Waals surface area contributed by atoms with Gasteiger partial charge in [-0.2, -0.15) is 0 Å². The van der Waals surface area contributed by atoms with Gasteiger partial charge in [0, 0.05) is 29.0 Å². The Hall–Kier alpha value is -3.08. The highest BCUT2D eigenvalue weighted by molar-refractivity contribution is 6.09. The minimum absolute atomic E-state index is 0.331. The fourth-order valence-corrected chi connectivity index (χ4v) is 4.86.